The first-order valence-electron chi connectivity index (χ1n) is 7.12. The number of aromatic nitrogens is 1. The van der Waals surface area contributed by atoms with Gasteiger partial charge in [0.25, 0.3) is 0 Å². The lowest BCUT2D eigenvalue weighted by atomic mass is 10.2. The van der Waals surface area contributed by atoms with Gasteiger partial charge in [-0.25, -0.2) is 0 Å². The largest absolute Gasteiger partial charge is 0.492 e. The van der Waals surface area contributed by atoms with Crippen molar-refractivity contribution in [3.05, 3.63) is 23.5 Å². The zero-order valence-corrected chi connectivity index (χ0v) is 11.5. The molecule has 18 heavy (non-hydrogen) atoms. The van der Waals surface area contributed by atoms with Gasteiger partial charge in [-0.05, 0) is 57.7 Å². The maximum Gasteiger partial charge on any atom is 0.140 e. The van der Waals surface area contributed by atoms with Gasteiger partial charge in [0.05, 0.1) is 12.3 Å². The molecule has 1 saturated carbocycles. The Labute approximate surface area is 110 Å². The van der Waals surface area contributed by atoms with Crippen LogP contribution in [0.2, 0.25) is 0 Å². The van der Waals surface area contributed by atoms with Crippen LogP contribution in [0.1, 0.15) is 44.0 Å². The third-order valence-electron chi connectivity index (χ3n) is 3.25. The number of ether oxygens (including phenoxy) is 1. The molecule has 1 aliphatic rings. The summed E-state index contributed by atoms with van der Waals surface area (Å²) in [5.41, 5.74) is 2.14. The summed E-state index contributed by atoms with van der Waals surface area (Å²) in [5.74, 6) is 0.957. The molecule has 0 spiro atoms. The van der Waals surface area contributed by atoms with Crippen molar-refractivity contribution in [3.8, 4) is 5.75 Å². The van der Waals surface area contributed by atoms with Crippen molar-refractivity contribution in [1.29, 1.82) is 0 Å². The van der Waals surface area contributed by atoms with Gasteiger partial charge in [-0.1, -0.05) is 6.92 Å². The van der Waals surface area contributed by atoms with Crippen molar-refractivity contribution in [2.75, 3.05) is 13.2 Å². The molecular weight excluding hydrogens is 224 g/mol. The van der Waals surface area contributed by atoms with Crippen molar-refractivity contribution < 1.29 is 4.74 Å². The molecule has 1 N–H and O–H groups in total. The Morgan fingerprint density at radius 2 is 2.17 bits per heavy atom. The lowest BCUT2D eigenvalue weighted by molar-refractivity contribution is 0.301. The van der Waals surface area contributed by atoms with E-state index in [0.29, 0.717) is 0 Å². The molecule has 100 valence electrons. The van der Waals surface area contributed by atoms with Gasteiger partial charge >= 0.3 is 0 Å². The van der Waals surface area contributed by atoms with Gasteiger partial charge in [0, 0.05) is 11.7 Å². The smallest absolute Gasteiger partial charge is 0.140 e. The highest BCUT2D eigenvalue weighted by atomic mass is 16.5. The van der Waals surface area contributed by atoms with E-state index in [1.165, 1.54) is 19.3 Å². The predicted octanol–water partition coefficient (Wildman–Crippen LogP) is 2.86. The molecule has 1 fully saturated rings. The van der Waals surface area contributed by atoms with Crippen molar-refractivity contribution in [3.63, 3.8) is 0 Å². The number of unbranched alkanes of at least 4 members (excludes halogenated alkanes) is 1. The van der Waals surface area contributed by atoms with E-state index in [1.807, 2.05) is 19.1 Å². The van der Waals surface area contributed by atoms with Crippen LogP contribution in [0.4, 0.5) is 0 Å². The van der Waals surface area contributed by atoms with E-state index in [1.54, 1.807) is 0 Å². The van der Waals surface area contributed by atoms with E-state index < -0.39 is 0 Å². The molecule has 0 atom stereocenters. The molecule has 0 aliphatic heterocycles. The van der Waals surface area contributed by atoms with Gasteiger partial charge in [-0.2, -0.15) is 0 Å². The predicted molar refractivity (Wildman–Crippen MR) is 74.1 cm³/mol. The highest BCUT2D eigenvalue weighted by Crippen LogP contribution is 2.19. The van der Waals surface area contributed by atoms with Crippen LogP contribution in [0, 0.1) is 6.92 Å². The van der Waals surface area contributed by atoms with Crippen LogP contribution >= 0.6 is 0 Å². The summed E-state index contributed by atoms with van der Waals surface area (Å²) < 4.78 is 5.82. The third-order valence-corrected chi connectivity index (χ3v) is 3.25. The van der Waals surface area contributed by atoms with E-state index in [9.17, 15) is 0 Å². The summed E-state index contributed by atoms with van der Waals surface area (Å²) >= 11 is 0. The lowest BCUT2D eigenvalue weighted by Crippen LogP contribution is -2.18. The molecule has 0 saturated heterocycles. The maximum atomic E-state index is 5.82. The molecular formula is C15H24N2O. The number of rotatable bonds is 8. The quantitative estimate of drug-likeness (QED) is 0.718. The highest BCUT2D eigenvalue weighted by molar-refractivity contribution is 5.29. The monoisotopic (exact) mass is 248 g/mol. The van der Waals surface area contributed by atoms with Crippen LogP contribution in [0.5, 0.6) is 5.75 Å². The van der Waals surface area contributed by atoms with Crippen LogP contribution in [-0.2, 0) is 6.42 Å². The van der Waals surface area contributed by atoms with E-state index >= 15 is 0 Å². The molecule has 0 unspecified atom stereocenters. The lowest BCUT2D eigenvalue weighted by Gasteiger charge is -2.10. The van der Waals surface area contributed by atoms with E-state index in [0.717, 1.165) is 49.2 Å². The first-order valence-corrected chi connectivity index (χ1v) is 7.12. The van der Waals surface area contributed by atoms with Crippen molar-refractivity contribution in [1.82, 2.24) is 10.3 Å². The first kappa shape index (κ1) is 13.3. The Morgan fingerprint density at radius 1 is 1.33 bits per heavy atom. The highest BCUT2D eigenvalue weighted by Gasteiger charge is 2.19. The average molecular weight is 248 g/mol. The Morgan fingerprint density at radius 3 is 2.89 bits per heavy atom. The molecule has 0 bridgehead atoms. The van der Waals surface area contributed by atoms with Gasteiger partial charge < -0.3 is 10.1 Å². The zero-order valence-electron chi connectivity index (χ0n) is 11.5. The van der Waals surface area contributed by atoms with Gasteiger partial charge in [0.15, 0.2) is 0 Å². The zero-order chi connectivity index (χ0) is 12.8. The molecule has 0 radical (unpaired) electrons. The summed E-state index contributed by atoms with van der Waals surface area (Å²) in [4.78, 5) is 4.50. The van der Waals surface area contributed by atoms with Crippen LogP contribution in [-0.4, -0.2) is 24.2 Å². The van der Waals surface area contributed by atoms with E-state index in [2.05, 4.69) is 17.2 Å². The number of nitrogens with zero attached hydrogens (tertiary/aromatic N) is 1. The molecule has 0 aromatic carbocycles. The number of pyridine rings is 1. The first-order chi connectivity index (χ1) is 8.79. The fraction of sp³-hybridized carbons (Fsp3) is 0.667. The summed E-state index contributed by atoms with van der Waals surface area (Å²) in [6, 6.07) is 4.88. The number of hydrogen-bond donors (Lipinski definition) is 1. The fourth-order valence-corrected chi connectivity index (χ4v) is 1.99. The van der Waals surface area contributed by atoms with Crippen LogP contribution in [0.25, 0.3) is 0 Å². The van der Waals surface area contributed by atoms with Gasteiger partial charge in [-0.3, -0.25) is 4.98 Å². The molecule has 3 nitrogen and oxygen atoms in total. The second kappa shape index (κ2) is 6.74. The Bertz CT molecular complexity index is 375. The minimum atomic E-state index is 0.796. The number of nitrogens with one attached hydrogen (secondary N) is 1. The maximum absolute atomic E-state index is 5.82. The topological polar surface area (TPSA) is 34.1 Å². The van der Waals surface area contributed by atoms with Gasteiger partial charge in [0.1, 0.15) is 5.75 Å². The Kier molecular flexibility index (Phi) is 5.00. The standard InChI is InChI=1S/C15H24N2O/c1-3-14-15(9-6-12(2)17-14)18-11-5-4-10-16-13-7-8-13/h6,9,13,16H,3-5,7-8,10-11H2,1-2H3. The van der Waals surface area contributed by atoms with E-state index in [4.69, 9.17) is 4.74 Å². The Hall–Kier alpha value is -1.09. The fourth-order valence-electron chi connectivity index (χ4n) is 1.99. The van der Waals surface area contributed by atoms with Crippen LogP contribution < -0.4 is 10.1 Å². The van der Waals surface area contributed by atoms with Crippen molar-refractivity contribution in [2.45, 2.75) is 52.0 Å². The van der Waals surface area contributed by atoms with Crippen LogP contribution in [0.15, 0.2) is 12.1 Å². The number of aryl methyl sites for hydroxylation is 2. The van der Waals surface area contributed by atoms with Crippen molar-refractivity contribution >= 4 is 0 Å². The van der Waals surface area contributed by atoms with Crippen LogP contribution in [0.3, 0.4) is 0 Å². The molecule has 1 heterocycles. The second-order valence-electron chi connectivity index (χ2n) is 5.03. The summed E-state index contributed by atoms with van der Waals surface area (Å²) in [5, 5.41) is 3.52. The minimum absolute atomic E-state index is 0.796. The SMILES string of the molecule is CCc1nc(C)ccc1OCCCCNC1CC1. The van der Waals surface area contributed by atoms with Crippen molar-refractivity contribution in [2.24, 2.45) is 0 Å². The molecule has 0 amide bonds. The summed E-state index contributed by atoms with van der Waals surface area (Å²) in [6.45, 7) is 6.06. The summed E-state index contributed by atoms with van der Waals surface area (Å²) in [6.07, 6.45) is 5.96. The molecule has 3 heteroatoms. The molecule has 2 rings (SSSR count). The van der Waals surface area contributed by atoms with Gasteiger partial charge in [-0.15, -0.1) is 0 Å². The minimum Gasteiger partial charge on any atom is -0.492 e. The second-order valence-corrected chi connectivity index (χ2v) is 5.03. The molecule has 1 aromatic rings. The van der Waals surface area contributed by atoms with E-state index in [-0.39, 0.29) is 0 Å². The molecule has 1 aromatic heterocycles. The molecule has 1 aliphatic carbocycles. The normalized spacial score (nSPS) is 14.8. The van der Waals surface area contributed by atoms with Gasteiger partial charge in [0.2, 0.25) is 0 Å². The number of hydrogen-bond acceptors (Lipinski definition) is 3. The Balaban J connectivity index is 1.65. The summed E-state index contributed by atoms with van der Waals surface area (Å²) in [7, 11) is 0. The average Bonchev–Trinajstić information content (AvgIpc) is 3.19. The third kappa shape index (κ3) is 4.30.